The summed E-state index contributed by atoms with van der Waals surface area (Å²) in [6, 6.07) is 0. The van der Waals surface area contributed by atoms with E-state index in [1.54, 1.807) is 0 Å². The van der Waals surface area contributed by atoms with E-state index < -0.39 is 11.5 Å². The molecule has 1 amide bonds. The SMILES string of the molecule is CCC(C)C(O)(CC(N)=O)C(C)(C)C. The number of rotatable bonds is 4. The maximum absolute atomic E-state index is 10.9. The fourth-order valence-electron chi connectivity index (χ4n) is 1.78. The van der Waals surface area contributed by atoms with Crippen molar-refractivity contribution in [3.8, 4) is 0 Å². The normalized spacial score (nSPS) is 18.7. The molecule has 0 saturated heterocycles. The van der Waals surface area contributed by atoms with Gasteiger partial charge in [-0.05, 0) is 11.3 Å². The minimum Gasteiger partial charge on any atom is -0.389 e. The Morgan fingerprint density at radius 2 is 1.86 bits per heavy atom. The van der Waals surface area contributed by atoms with Crippen LogP contribution < -0.4 is 5.73 Å². The zero-order valence-corrected chi connectivity index (χ0v) is 9.92. The topological polar surface area (TPSA) is 63.3 Å². The van der Waals surface area contributed by atoms with Gasteiger partial charge < -0.3 is 10.8 Å². The third-order valence-electron chi connectivity index (χ3n) is 3.17. The summed E-state index contributed by atoms with van der Waals surface area (Å²) in [5.41, 5.74) is 3.83. The summed E-state index contributed by atoms with van der Waals surface area (Å²) in [4.78, 5) is 10.9. The standard InChI is InChI=1S/C11H23NO2/c1-6-8(2)11(14,7-9(12)13)10(3,4)5/h8,14H,6-7H2,1-5H3,(H2,12,13). The smallest absolute Gasteiger partial charge is 0.220 e. The van der Waals surface area contributed by atoms with Crippen molar-refractivity contribution in [1.82, 2.24) is 0 Å². The van der Waals surface area contributed by atoms with E-state index in [2.05, 4.69) is 0 Å². The van der Waals surface area contributed by atoms with Gasteiger partial charge in [0.2, 0.25) is 5.91 Å². The maximum atomic E-state index is 10.9. The molecule has 0 spiro atoms. The van der Waals surface area contributed by atoms with E-state index in [4.69, 9.17) is 5.73 Å². The Balaban J connectivity index is 4.95. The summed E-state index contributed by atoms with van der Waals surface area (Å²) >= 11 is 0. The van der Waals surface area contributed by atoms with E-state index in [0.717, 1.165) is 6.42 Å². The van der Waals surface area contributed by atoms with Crippen molar-refractivity contribution in [3.63, 3.8) is 0 Å². The van der Waals surface area contributed by atoms with Crippen molar-refractivity contribution in [2.24, 2.45) is 17.1 Å². The lowest BCUT2D eigenvalue weighted by Crippen LogP contribution is -2.50. The molecule has 0 aromatic carbocycles. The van der Waals surface area contributed by atoms with E-state index in [9.17, 15) is 9.90 Å². The summed E-state index contributed by atoms with van der Waals surface area (Å²) in [5.74, 6) is -0.377. The van der Waals surface area contributed by atoms with Crippen molar-refractivity contribution in [1.29, 1.82) is 0 Å². The van der Waals surface area contributed by atoms with Gasteiger partial charge >= 0.3 is 0 Å². The molecule has 0 aliphatic rings. The lowest BCUT2D eigenvalue weighted by atomic mass is 9.67. The molecule has 0 aliphatic heterocycles. The van der Waals surface area contributed by atoms with Crippen LogP contribution in [0.5, 0.6) is 0 Å². The fourth-order valence-corrected chi connectivity index (χ4v) is 1.78. The van der Waals surface area contributed by atoms with Gasteiger partial charge in [-0.3, -0.25) is 4.79 Å². The highest BCUT2D eigenvalue weighted by molar-refractivity contribution is 5.75. The van der Waals surface area contributed by atoms with E-state index in [0.29, 0.717) is 0 Å². The number of amides is 1. The lowest BCUT2D eigenvalue weighted by Gasteiger charge is -2.44. The molecular formula is C11H23NO2. The zero-order valence-electron chi connectivity index (χ0n) is 9.92. The monoisotopic (exact) mass is 201 g/mol. The molecule has 2 atom stereocenters. The first-order chi connectivity index (χ1) is 6.15. The number of carbonyl (C=O) groups excluding carboxylic acids is 1. The van der Waals surface area contributed by atoms with Crippen molar-refractivity contribution in [2.75, 3.05) is 0 Å². The fraction of sp³-hybridized carbons (Fsp3) is 0.909. The van der Waals surface area contributed by atoms with E-state index in [-0.39, 0.29) is 17.8 Å². The van der Waals surface area contributed by atoms with Gasteiger partial charge in [-0.15, -0.1) is 0 Å². The summed E-state index contributed by atoms with van der Waals surface area (Å²) in [6.07, 6.45) is 0.868. The minimum absolute atomic E-state index is 0.0332. The highest BCUT2D eigenvalue weighted by Gasteiger charge is 2.44. The van der Waals surface area contributed by atoms with Crippen LogP contribution in [-0.4, -0.2) is 16.6 Å². The average Bonchev–Trinajstić information content (AvgIpc) is 1.99. The third kappa shape index (κ3) is 2.71. The number of primary amides is 1. The minimum atomic E-state index is -1.01. The molecule has 0 aliphatic carbocycles. The first-order valence-corrected chi connectivity index (χ1v) is 5.15. The first kappa shape index (κ1) is 13.4. The molecule has 3 N–H and O–H groups in total. The highest BCUT2D eigenvalue weighted by atomic mass is 16.3. The van der Waals surface area contributed by atoms with Crippen LogP contribution in [0.1, 0.15) is 47.5 Å². The van der Waals surface area contributed by atoms with Crippen molar-refractivity contribution >= 4 is 5.91 Å². The molecule has 0 saturated carbocycles. The molecule has 14 heavy (non-hydrogen) atoms. The number of carbonyl (C=O) groups is 1. The second-order valence-electron chi connectivity index (χ2n) is 5.13. The molecule has 84 valence electrons. The Morgan fingerprint density at radius 1 is 1.43 bits per heavy atom. The summed E-state index contributed by atoms with van der Waals surface area (Å²) in [6.45, 7) is 9.75. The molecule has 0 rings (SSSR count). The van der Waals surface area contributed by atoms with Crippen molar-refractivity contribution in [2.45, 2.75) is 53.1 Å². The Labute approximate surface area is 86.7 Å². The van der Waals surface area contributed by atoms with Gasteiger partial charge in [-0.1, -0.05) is 41.0 Å². The van der Waals surface area contributed by atoms with E-state index in [1.807, 2.05) is 34.6 Å². The largest absolute Gasteiger partial charge is 0.389 e. The Morgan fingerprint density at radius 3 is 2.07 bits per heavy atom. The van der Waals surface area contributed by atoms with Crippen molar-refractivity contribution in [3.05, 3.63) is 0 Å². The van der Waals surface area contributed by atoms with Crippen LogP contribution in [0.3, 0.4) is 0 Å². The van der Waals surface area contributed by atoms with Gasteiger partial charge in [0.15, 0.2) is 0 Å². The van der Waals surface area contributed by atoms with Gasteiger partial charge in [0.25, 0.3) is 0 Å². The summed E-state index contributed by atoms with van der Waals surface area (Å²) in [5, 5.41) is 10.5. The second-order valence-corrected chi connectivity index (χ2v) is 5.13. The maximum Gasteiger partial charge on any atom is 0.220 e. The third-order valence-corrected chi connectivity index (χ3v) is 3.17. The number of nitrogens with two attached hydrogens (primary N) is 1. The molecule has 0 aromatic rings. The number of hydrogen-bond acceptors (Lipinski definition) is 2. The van der Waals surface area contributed by atoms with Crippen LogP contribution in [0, 0.1) is 11.3 Å². The molecule has 3 heteroatoms. The van der Waals surface area contributed by atoms with Crippen LogP contribution >= 0.6 is 0 Å². The Hall–Kier alpha value is -0.570. The average molecular weight is 201 g/mol. The predicted octanol–water partition coefficient (Wildman–Crippen LogP) is 1.69. The molecule has 0 heterocycles. The van der Waals surface area contributed by atoms with Crippen molar-refractivity contribution < 1.29 is 9.90 Å². The van der Waals surface area contributed by atoms with E-state index >= 15 is 0 Å². The zero-order chi connectivity index (χ0) is 11.6. The molecular weight excluding hydrogens is 178 g/mol. The molecule has 0 fully saturated rings. The summed E-state index contributed by atoms with van der Waals surface area (Å²) < 4.78 is 0. The molecule has 0 bridgehead atoms. The second kappa shape index (κ2) is 4.30. The Kier molecular flexibility index (Phi) is 4.13. The molecule has 2 unspecified atom stereocenters. The van der Waals surface area contributed by atoms with Crippen LogP contribution in [0.15, 0.2) is 0 Å². The number of aliphatic hydroxyl groups is 1. The lowest BCUT2D eigenvalue weighted by molar-refractivity contribution is -0.139. The Bertz CT molecular complexity index is 208. The highest BCUT2D eigenvalue weighted by Crippen LogP contribution is 2.40. The first-order valence-electron chi connectivity index (χ1n) is 5.15. The van der Waals surface area contributed by atoms with Gasteiger partial charge in [-0.2, -0.15) is 0 Å². The van der Waals surface area contributed by atoms with Gasteiger partial charge in [0.05, 0.1) is 12.0 Å². The molecule has 3 nitrogen and oxygen atoms in total. The quantitative estimate of drug-likeness (QED) is 0.727. The van der Waals surface area contributed by atoms with Crippen LogP contribution in [0.2, 0.25) is 0 Å². The van der Waals surface area contributed by atoms with Crippen LogP contribution in [-0.2, 0) is 4.79 Å². The number of hydrogen-bond donors (Lipinski definition) is 2. The van der Waals surface area contributed by atoms with Crippen LogP contribution in [0.4, 0.5) is 0 Å². The van der Waals surface area contributed by atoms with E-state index in [1.165, 1.54) is 0 Å². The predicted molar refractivity (Wildman–Crippen MR) is 57.7 cm³/mol. The van der Waals surface area contributed by atoms with Gasteiger partial charge in [-0.25, -0.2) is 0 Å². The molecule has 0 radical (unpaired) electrons. The summed E-state index contributed by atoms with van der Waals surface area (Å²) in [7, 11) is 0. The van der Waals surface area contributed by atoms with Crippen LogP contribution in [0.25, 0.3) is 0 Å². The van der Waals surface area contributed by atoms with Gasteiger partial charge in [0.1, 0.15) is 0 Å². The molecule has 0 aromatic heterocycles. The van der Waals surface area contributed by atoms with Gasteiger partial charge in [0, 0.05) is 0 Å².